The zero-order chi connectivity index (χ0) is 13.5. The number of aromatic nitrogens is 1. The third kappa shape index (κ3) is 3.36. The highest BCUT2D eigenvalue weighted by Crippen LogP contribution is 2.25. The fourth-order valence-corrected chi connectivity index (χ4v) is 1.41. The number of ether oxygens (including phenoxy) is 1. The smallest absolute Gasteiger partial charge is 0.184 e. The Bertz CT molecular complexity index is 464. The van der Waals surface area contributed by atoms with Crippen LogP contribution in [0.5, 0.6) is 5.75 Å². The van der Waals surface area contributed by atoms with Crippen molar-refractivity contribution in [3.63, 3.8) is 0 Å². The Kier molecular flexibility index (Phi) is 5.44. The molecule has 0 bridgehead atoms. The van der Waals surface area contributed by atoms with Crippen LogP contribution in [0.2, 0.25) is 0 Å². The second kappa shape index (κ2) is 6.85. The van der Waals surface area contributed by atoms with Gasteiger partial charge in [-0.05, 0) is 18.3 Å². The summed E-state index contributed by atoms with van der Waals surface area (Å²) in [6.45, 7) is 4.35. The van der Waals surface area contributed by atoms with Crippen LogP contribution in [0, 0.1) is 5.82 Å². The van der Waals surface area contributed by atoms with E-state index in [0.29, 0.717) is 24.4 Å². The lowest BCUT2D eigenvalue weighted by Crippen LogP contribution is -2.28. The van der Waals surface area contributed by atoms with Gasteiger partial charge in [0.25, 0.3) is 0 Å². The summed E-state index contributed by atoms with van der Waals surface area (Å²) in [6.07, 6.45) is 1.89. The van der Waals surface area contributed by atoms with E-state index in [-0.39, 0.29) is 10.9 Å². The molecule has 1 aromatic heterocycles. The standard InChI is InChI=1S/C9H9FN4OS.C2H6/c10-5-1-3-12-7-6(13-14-9(11)16)2-4-15-8(5)7;1-2/h1,3H,2,4H2,(H3,11,14,16);1-2H3/b13-6-;. The molecule has 3 N–H and O–H groups in total. The summed E-state index contributed by atoms with van der Waals surface area (Å²) in [5.74, 6) is -0.329. The number of nitrogens with zero attached hydrogens (tertiary/aromatic N) is 2. The molecule has 0 saturated carbocycles. The average molecular weight is 270 g/mol. The number of hydrazone groups is 1. The van der Waals surface area contributed by atoms with Crippen LogP contribution >= 0.6 is 12.2 Å². The average Bonchev–Trinajstić information content (AvgIpc) is 2.39. The maximum Gasteiger partial charge on any atom is 0.184 e. The Morgan fingerprint density at radius 3 is 3.00 bits per heavy atom. The van der Waals surface area contributed by atoms with E-state index in [1.807, 2.05) is 13.8 Å². The predicted octanol–water partition coefficient (Wildman–Crippen LogP) is 1.57. The number of nitrogens with one attached hydrogen (secondary N) is 1. The first-order chi connectivity index (χ1) is 8.68. The van der Waals surface area contributed by atoms with Crippen LogP contribution in [-0.2, 0) is 0 Å². The van der Waals surface area contributed by atoms with E-state index in [9.17, 15) is 4.39 Å². The molecule has 18 heavy (non-hydrogen) atoms. The van der Waals surface area contributed by atoms with Gasteiger partial charge >= 0.3 is 0 Å². The van der Waals surface area contributed by atoms with Crippen molar-refractivity contribution in [3.8, 4) is 5.75 Å². The second-order valence-corrected chi connectivity index (χ2v) is 3.54. The lowest BCUT2D eigenvalue weighted by Gasteiger charge is -2.18. The van der Waals surface area contributed by atoms with Crippen LogP contribution in [0.25, 0.3) is 0 Å². The summed E-state index contributed by atoms with van der Waals surface area (Å²) in [7, 11) is 0. The normalized spacial score (nSPS) is 14.9. The molecule has 0 saturated heterocycles. The fraction of sp³-hybridized carbons (Fsp3) is 0.364. The van der Waals surface area contributed by atoms with Crippen molar-refractivity contribution in [2.45, 2.75) is 20.3 Å². The minimum absolute atomic E-state index is 0.0527. The Hall–Kier alpha value is -1.76. The third-order valence-corrected chi connectivity index (χ3v) is 2.11. The van der Waals surface area contributed by atoms with Crippen molar-refractivity contribution in [1.82, 2.24) is 10.4 Å². The molecule has 5 nitrogen and oxygen atoms in total. The highest BCUT2D eigenvalue weighted by Gasteiger charge is 2.21. The minimum atomic E-state index is -0.451. The number of hydrogen-bond acceptors (Lipinski definition) is 4. The van der Waals surface area contributed by atoms with Crippen LogP contribution in [0.4, 0.5) is 4.39 Å². The Morgan fingerprint density at radius 1 is 1.61 bits per heavy atom. The van der Waals surface area contributed by atoms with Gasteiger partial charge in [-0.2, -0.15) is 5.10 Å². The molecule has 0 aromatic carbocycles. The molecule has 2 heterocycles. The third-order valence-electron chi connectivity index (χ3n) is 2.02. The molecule has 0 fully saturated rings. The van der Waals surface area contributed by atoms with Gasteiger partial charge in [0.15, 0.2) is 16.7 Å². The van der Waals surface area contributed by atoms with E-state index in [0.717, 1.165) is 0 Å². The van der Waals surface area contributed by atoms with E-state index in [4.69, 9.17) is 10.5 Å². The topological polar surface area (TPSA) is 72.5 Å². The van der Waals surface area contributed by atoms with Gasteiger partial charge in [0.2, 0.25) is 0 Å². The SMILES string of the molecule is CC.NC(=S)N/N=C1/CCOc2c(F)ccnc21. The molecule has 1 aromatic rings. The molecule has 1 aliphatic rings. The van der Waals surface area contributed by atoms with Gasteiger partial charge in [0, 0.05) is 12.6 Å². The van der Waals surface area contributed by atoms with Gasteiger partial charge < -0.3 is 10.5 Å². The van der Waals surface area contributed by atoms with Gasteiger partial charge in [-0.3, -0.25) is 10.4 Å². The Balaban J connectivity index is 0.000000771. The first-order valence-corrected chi connectivity index (χ1v) is 5.99. The van der Waals surface area contributed by atoms with E-state index in [1.54, 1.807) is 0 Å². The van der Waals surface area contributed by atoms with Gasteiger partial charge in [0.05, 0.1) is 12.3 Å². The maximum absolute atomic E-state index is 13.4. The number of pyridine rings is 1. The molecule has 7 heteroatoms. The van der Waals surface area contributed by atoms with Gasteiger partial charge in [-0.15, -0.1) is 0 Å². The first kappa shape index (κ1) is 14.3. The number of hydrogen-bond donors (Lipinski definition) is 2. The molecule has 98 valence electrons. The summed E-state index contributed by atoms with van der Waals surface area (Å²) >= 11 is 4.62. The fourth-order valence-electron chi connectivity index (χ4n) is 1.37. The minimum Gasteiger partial charge on any atom is -0.488 e. The maximum atomic E-state index is 13.4. The van der Waals surface area contributed by atoms with Crippen LogP contribution in [0.1, 0.15) is 26.0 Å². The summed E-state index contributed by atoms with van der Waals surface area (Å²) in [5, 5.41) is 4.01. The first-order valence-electron chi connectivity index (χ1n) is 5.58. The van der Waals surface area contributed by atoms with Crippen molar-refractivity contribution in [3.05, 3.63) is 23.8 Å². The lowest BCUT2D eigenvalue weighted by molar-refractivity contribution is 0.300. The largest absolute Gasteiger partial charge is 0.488 e. The monoisotopic (exact) mass is 270 g/mol. The van der Waals surface area contributed by atoms with Gasteiger partial charge in [-0.1, -0.05) is 13.8 Å². The van der Waals surface area contributed by atoms with Crippen LogP contribution in [0.15, 0.2) is 17.4 Å². The van der Waals surface area contributed by atoms with E-state index < -0.39 is 5.82 Å². The zero-order valence-corrected chi connectivity index (χ0v) is 11.1. The van der Waals surface area contributed by atoms with Crippen molar-refractivity contribution in [1.29, 1.82) is 0 Å². The molecule has 0 spiro atoms. The Labute approximate surface area is 110 Å². The summed E-state index contributed by atoms with van der Waals surface area (Å²) in [5.41, 5.74) is 8.66. The molecule has 0 atom stereocenters. The molecule has 1 aliphatic heterocycles. The van der Waals surface area contributed by atoms with Crippen molar-refractivity contribution in [2.24, 2.45) is 10.8 Å². The molecule has 2 rings (SSSR count). The van der Waals surface area contributed by atoms with Crippen molar-refractivity contribution in [2.75, 3.05) is 6.61 Å². The molecule has 0 radical (unpaired) electrons. The number of halogens is 1. The number of rotatable bonds is 1. The molecule has 0 aliphatic carbocycles. The van der Waals surface area contributed by atoms with E-state index >= 15 is 0 Å². The highest BCUT2D eigenvalue weighted by atomic mass is 32.1. The van der Waals surface area contributed by atoms with Gasteiger partial charge in [-0.25, -0.2) is 4.39 Å². The van der Waals surface area contributed by atoms with E-state index in [1.165, 1.54) is 12.3 Å². The summed E-state index contributed by atoms with van der Waals surface area (Å²) in [6, 6.07) is 1.24. The van der Waals surface area contributed by atoms with Gasteiger partial charge in [0.1, 0.15) is 5.69 Å². The summed E-state index contributed by atoms with van der Waals surface area (Å²) in [4.78, 5) is 4.02. The number of fused-ring (bicyclic) bond motifs is 1. The quantitative estimate of drug-likeness (QED) is 0.598. The molecular weight excluding hydrogens is 255 g/mol. The lowest BCUT2D eigenvalue weighted by atomic mass is 10.1. The van der Waals surface area contributed by atoms with Crippen LogP contribution < -0.4 is 15.9 Å². The van der Waals surface area contributed by atoms with Crippen LogP contribution in [0.3, 0.4) is 0 Å². The van der Waals surface area contributed by atoms with E-state index in [2.05, 4.69) is 27.7 Å². The second-order valence-electron chi connectivity index (χ2n) is 3.10. The molecule has 0 amide bonds. The predicted molar refractivity (Wildman–Crippen MR) is 72.1 cm³/mol. The number of thiocarbonyl (C=S) groups is 1. The molecule has 0 unspecified atom stereocenters. The van der Waals surface area contributed by atoms with Crippen molar-refractivity contribution < 1.29 is 9.13 Å². The zero-order valence-electron chi connectivity index (χ0n) is 10.2. The summed E-state index contributed by atoms with van der Waals surface area (Å²) < 4.78 is 18.5. The Morgan fingerprint density at radius 2 is 2.33 bits per heavy atom. The number of nitrogens with two attached hydrogens (primary N) is 1. The molecular formula is C11H15FN4OS. The van der Waals surface area contributed by atoms with Crippen LogP contribution in [-0.4, -0.2) is 22.4 Å². The van der Waals surface area contributed by atoms with Crippen molar-refractivity contribution >= 4 is 23.0 Å². The highest BCUT2D eigenvalue weighted by molar-refractivity contribution is 7.80.